The van der Waals surface area contributed by atoms with Gasteiger partial charge in [-0.15, -0.1) is 0 Å². The molecule has 12 nitrogen and oxygen atoms in total. The molecule has 4 heterocycles. The van der Waals surface area contributed by atoms with Crippen molar-refractivity contribution < 1.29 is 57.3 Å². The zero-order chi connectivity index (χ0) is 32.5. The van der Waals surface area contributed by atoms with E-state index in [0.717, 1.165) is 22.3 Å². The van der Waals surface area contributed by atoms with Gasteiger partial charge in [-0.25, -0.2) is 0 Å². The number of benzene rings is 2. The number of aliphatic hydroxyl groups excluding tert-OH is 1. The number of rotatable bonds is 6. The minimum atomic E-state index is -1.21. The number of esters is 1. The predicted octanol–water partition coefficient (Wildman–Crippen LogP) is 3.76. The van der Waals surface area contributed by atoms with Crippen molar-refractivity contribution in [2.24, 2.45) is 11.8 Å². The molecule has 0 aromatic heterocycles. The van der Waals surface area contributed by atoms with Crippen LogP contribution in [-0.4, -0.2) is 87.9 Å². The van der Waals surface area contributed by atoms with E-state index in [1.807, 2.05) is 52.0 Å². The van der Waals surface area contributed by atoms with Gasteiger partial charge in [0.25, 0.3) is 0 Å². The van der Waals surface area contributed by atoms with Gasteiger partial charge in [-0.05, 0) is 75.6 Å². The van der Waals surface area contributed by atoms with E-state index in [1.165, 1.54) is 0 Å². The van der Waals surface area contributed by atoms with Gasteiger partial charge < -0.3 is 52.5 Å². The molecule has 0 bridgehead atoms. The molecule has 7 rings (SSSR count). The van der Waals surface area contributed by atoms with Crippen molar-refractivity contribution in [3.05, 3.63) is 46.5 Å². The molecule has 2 aromatic carbocycles. The number of aliphatic hydroxyl groups is 1. The summed E-state index contributed by atoms with van der Waals surface area (Å²) in [5.74, 6) is 0.603. The Morgan fingerprint density at radius 2 is 1.59 bits per heavy atom. The molecule has 3 saturated heterocycles. The maximum absolute atomic E-state index is 13.6. The number of hydrogen-bond donors (Lipinski definition) is 1. The standard InChI is InChI=1S/C34H42O12/c1-15-21(37-6)8-17(9-22(15)38-7)26-18-10-23-24(42-14-41-23)11-19(18)29(20-12-40-32(36)27(20)26)45-33-28(35)31(46-34(3,4)5)30-25(44-33)13-39-16(2)43-30/h8-11,16,20,25-31,33,35H,12-14H2,1-7H3/t16-,20?,25-,26-,27+,28-,29-,30-,31-,33?/m1/s1. The summed E-state index contributed by atoms with van der Waals surface area (Å²) in [5.41, 5.74) is 2.68. The third kappa shape index (κ3) is 5.38. The highest BCUT2D eigenvalue weighted by Crippen LogP contribution is 2.56. The SMILES string of the molecule is COc1cc([C@@H]2c3cc4c(cc3[C@@H](OC3O[C@@H]5CO[C@@H](C)O[C@H]5[C@H](OC(C)(C)C)[C@H]3O)C3COC(=O)[C@@H]32)OCO4)cc(OC)c1C. The molecule has 2 aromatic rings. The van der Waals surface area contributed by atoms with E-state index in [4.69, 9.17) is 47.4 Å². The highest BCUT2D eigenvalue weighted by atomic mass is 16.8. The topological polar surface area (TPSA) is 130 Å². The van der Waals surface area contributed by atoms with E-state index in [2.05, 4.69) is 0 Å². The van der Waals surface area contributed by atoms with Gasteiger partial charge in [0.1, 0.15) is 35.9 Å². The summed E-state index contributed by atoms with van der Waals surface area (Å²) in [6, 6.07) is 7.68. The second-order valence-corrected chi connectivity index (χ2v) is 13.5. The third-order valence-corrected chi connectivity index (χ3v) is 9.48. The third-order valence-electron chi connectivity index (χ3n) is 9.48. The summed E-state index contributed by atoms with van der Waals surface area (Å²) >= 11 is 0. The Kier molecular flexibility index (Phi) is 8.10. The number of ether oxygens (including phenoxy) is 10. The van der Waals surface area contributed by atoms with Crippen LogP contribution in [0.5, 0.6) is 23.0 Å². The molecule has 1 aliphatic carbocycles. The van der Waals surface area contributed by atoms with Gasteiger partial charge in [0.2, 0.25) is 6.79 Å². The van der Waals surface area contributed by atoms with E-state index in [-0.39, 0.29) is 26.0 Å². The summed E-state index contributed by atoms with van der Waals surface area (Å²) < 4.78 is 60.0. The van der Waals surface area contributed by atoms with Crippen LogP contribution in [-0.2, 0) is 33.2 Å². The molecule has 3 fully saturated rings. The maximum atomic E-state index is 13.6. The van der Waals surface area contributed by atoms with E-state index >= 15 is 0 Å². The van der Waals surface area contributed by atoms with Crippen LogP contribution in [0.1, 0.15) is 62.0 Å². The number of hydrogen-bond acceptors (Lipinski definition) is 12. The Bertz CT molecular complexity index is 1460. The van der Waals surface area contributed by atoms with Crippen LogP contribution in [0, 0.1) is 18.8 Å². The minimum absolute atomic E-state index is 0.0766. The van der Waals surface area contributed by atoms with Crippen LogP contribution in [0.2, 0.25) is 0 Å². The van der Waals surface area contributed by atoms with Gasteiger partial charge in [-0.1, -0.05) is 0 Å². The number of carbonyl (C=O) groups is 1. The van der Waals surface area contributed by atoms with Crippen molar-refractivity contribution in [3.8, 4) is 23.0 Å². The van der Waals surface area contributed by atoms with Gasteiger partial charge in [0, 0.05) is 17.4 Å². The summed E-state index contributed by atoms with van der Waals surface area (Å²) in [5, 5.41) is 11.7. The molecule has 1 N–H and O–H groups in total. The van der Waals surface area contributed by atoms with Crippen molar-refractivity contribution in [3.63, 3.8) is 0 Å². The first-order valence-electron chi connectivity index (χ1n) is 15.7. The smallest absolute Gasteiger partial charge is 0.310 e. The second-order valence-electron chi connectivity index (χ2n) is 13.5. The zero-order valence-corrected chi connectivity index (χ0v) is 27.1. The van der Waals surface area contributed by atoms with E-state index in [1.54, 1.807) is 21.1 Å². The normalized spacial score (nSPS) is 34.7. The molecule has 5 aliphatic rings. The molecule has 250 valence electrons. The van der Waals surface area contributed by atoms with Crippen LogP contribution in [0.4, 0.5) is 0 Å². The molecule has 0 amide bonds. The van der Waals surface area contributed by atoms with Crippen LogP contribution in [0.15, 0.2) is 24.3 Å². The Labute approximate surface area is 268 Å². The fourth-order valence-electron chi connectivity index (χ4n) is 7.46. The van der Waals surface area contributed by atoms with Crippen molar-refractivity contribution in [2.45, 2.75) is 89.2 Å². The number of carbonyl (C=O) groups excluding carboxylic acids is 1. The van der Waals surface area contributed by atoms with E-state index < -0.39 is 66.5 Å². The Morgan fingerprint density at radius 1 is 0.913 bits per heavy atom. The monoisotopic (exact) mass is 642 g/mol. The van der Waals surface area contributed by atoms with Gasteiger partial charge in [-0.2, -0.15) is 0 Å². The molecular formula is C34H42O12. The number of fused-ring (bicyclic) bond motifs is 4. The highest BCUT2D eigenvalue weighted by Gasteiger charge is 2.56. The van der Waals surface area contributed by atoms with Gasteiger partial charge in [-0.3, -0.25) is 4.79 Å². The lowest BCUT2D eigenvalue weighted by molar-refractivity contribution is -0.375. The molecule has 0 saturated carbocycles. The number of cyclic esters (lactones) is 1. The highest BCUT2D eigenvalue weighted by molar-refractivity contribution is 5.79. The quantitative estimate of drug-likeness (QED) is 0.461. The Balaban J connectivity index is 1.31. The maximum Gasteiger partial charge on any atom is 0.310 e. The van der Waals surface area contributed by atoms with Gasteiger partial charge >= 0.3 is 5.97 Å². The van der Waals surface area contributed by atoms with Gasteiger partial charge in [0.05, 0.1) is 45.1 Å². The van der Waals surface area contributed by atoms with E-state index in [0.29, 0.717) is 23.0 Å². The molecule has 2 unspecified atom stereocenters. The largest absolute Gasteiger partial charge is 0.496 e. The molecular weight excluding hydrogens is 600 g/mol. The molecule has 10 atom stereocenters. The molecule has 0 spiro atoms. The van der Waals surface area contributed by atoms with Crippen molar-refractivity contribution >= 4 is 5.97 Å². The van der Waals surface area contributed by atoms with Gasteiger partial charge in [0.15, 0.2) is 24.1 Å². The minimum Gasteiger partial charge on any atom is -0.496 e. The average Bonchev–Trinajstić information content (AvgIpc) is 3.64. The van der Waals surface area contributed by atoms with Crippen molar-refractivity contribution in [2.75, 3.05) is 34.2 Å². The van der Waals surface area contributed by atoms with Crippen LogP contribution in [0.3, 0.4) is 0 Å². The molecule has 46 heavy (non-hydrogen) atoms. The van der Waals surface area contributed by atoms with Crippen LogP contribution < -0.4 is 18.9 Å². The second kappa shape index (κ2) is 11.8. The molecule has 4 aliphatic heterocycles. The fraction of sp³-hybridized carbons (Fsp3) is 0.618. The first-order valence-corrected chi connectivity index (χ1v) is 15.7. The first kappa shape index (κ1) is 31.5. The van der Waals surface area contributed by atoms with E-state index in [9.17, 15) is 9.90 Å². The average molecular weight is 643 g/mol. The lowest BCUT2D eigenvalue weighted by Gasteiger charge is -2.50. The first-order chi connectivity index (χ1) is 22.0. The lowest BCUT2D eigenvalue weighted by atomic mass is 9.66. The summed E-state index contributed by atoms with van der Waals surface area (Å²) in [6.07, 6.45) is -5.38. The zero-order valence-electron chi connectivity index (χ0n) is 27.1. The van der Waals surface area contributed by atoms with Crippen molar-refractivity contribution in [1.29, 1.82) is 0 Å². The lowest BCUT2D eigenvalue weighted by Crippen LogP contribution is -2.65. The Hall–Kier alpha value is -3.13. The summed E-state index contributed by atoms with van der Waals surface area (Å²) in [4.78, 5) is 13.6. The Morgan fingerprint density at radius 3 is 2.24 bits per heavy atom. The fourth-order valence-corrected chi connectivity index (χ4v) is 7.46. The van der Waals surface area contributed by atoms with Crippen molar-refractivity contribution in [1.82, 2.24) is 0 Å². The summed E-state index contributed by atoms with van der Waals surface area (Å²) in [7, 11) is 3.21. The molecule has 12 heteroatoms. The number of methoxy groups -OCH3 is 2. The molecule has 0 radical (unpaired) electrons. The van der Waals surface area contributed by atoms with Crippen LogP contribution >= 0.6 is 0 Å². The van der Waals surface area contributed by atoms with Crippen LogP contribution in [0.25, 0.3) is 0 Å². The predicted molar refractivity (Wildman–Crippen MR) is 160 cm³/mol. The summed E-state index contributed by atoms with van der Waals surface area (Å²) in [6.45, 7) is 9.93.